The smallest absolute Gasteiger partial charge is 0.319 e. The van der Waals surface area contributed by atoms with Crippen molar-refractivity contribution in [2.24, 2.45) is 5.92 Å². The number of ether oxygens (including phenoxy) is 2. The highest BCUT2D eigenvalue weighted by atomic mass is 16.5. The van der Waals surface area contributed by atoms with Gasteiger partial charge in [0.25, 0.3) is 11.8 Å². The summed E-state index contributed by atoms with van der Waals surface area (Å²) in [6, 6.07) is 13.7. The summed E-state index contributed by atoms with van der Waals surface area (Å²) < 4.78 is 12.7. The maximum absolute atomic E-state index is 14.3. The second kappa shape index (κ2) is 17.3. The van der Waals surface area contributed by atoms with E-state index in [1.165, 1.54) is 6.42 Å². The lowest BCUT2D eigenvalue weighted by Crippen LogP contribution is -2.48. The lowest BCUT2D eigenvalue weighted by atomic mass is 9.96. The fourth-order valence-corrected chi connectivity index (χ4v) is 6.22. The molecule has 0 spiro atoms. The first-order valence-corrected chi connectivity index (χ1v) is 16.9. The van der Waals surface area contributed by atoms with Crippen LogP contribution in [-0.2, 0) is 4.74 Å². The Labute approximate surface area is 273 Å². The average molecular weight is 637 g/mol. The fraction of sp³-hybridized carbons (Fsp3) is 0.583. The van der Waals surface area contributed by atoms with Crippen molar-refractivity contribution in [3.63, 3.8) is 0 Å². The molecule has 252 valence electrons. The normalized spacial score (nSPS) is 22.5. The largest absolute Gasteiger partial charge is 0.490 e. The van der Waals surface area contributed by atoms with Crippen LogP contribution in [0.15, 0.2) is 48.5 Å². The molecule has 0 bridgehead atoms. The van der Waals surface area contributed by atoms with E-state index in [2.05, 4.69) is 10.6 Å². The van der Waals surface area contributed by atoms with E-state index >= 15 is 0 Å². The van der Waals surface area contributed by atoms with Gasteiger partial charge in [-0.1, -0.05) is 44.4 Å². The molecule has 2 aromatic carbocycles. The molecule has 3 N–H and O–H groups in total. The van der Waals surface area contributed by atoms with Crippen LogP contribution >= 0.6 is 0 Å². The van der Waals surface area contributed by atoms with Crippen molar-refractivity contribution < 1.29 is 29.0 Å². The number of carbonyl (C=O) groups excluding carboxylic acids is 3. The van der Waals surface area contributed by atoms with Crippen LogP contribution < -0.4 is 15.4 Å². The van der Waals surface area contributed by atoms with Gasteiger partial charge in [-0.3, -0.25) is 9.59 Å². The van der Waals surface area contributed by atoms with Gasteiger partial charge in [-0.05, 0) is 76.3 Å². The zero-order chi connectivity index (χ0) is 33.1. The Hall–Kier alpha value is -3.63. The monoisotopic (exact) mass is 636 g/mol. The lowest BCUT2D eigenvalue weighted by molar-refractivity contribution is -0.0149. The van der Waals surface area contributed by atoms with E-state index in [4.69, 9.17) is 9.47 Å². The molecule has 2 aromatic rings. The molecule has 1 heterocycles. The summed E-state index contributed by atoms with van der Waals surface area (Å²) in [4.78, 5) is 43.7. The number of nitrogens with one attached hydrogen (secondary N) is 2. The quantitative estimate of drug-likeness (QED) is 0.358. The summed E-state index contributed by atoms with van der Waals surface area (Å²) in [5, 5.41) is 16.2. The van der Waals surface area contributed by atoms with Crippen LogP contribution in [0.5, 0.6) is 5.75 Å². The SMILES string of the molecule is C[C@@H]1CCCCO[C@@H](CN(C)C(=O)c2ccccc2)[C@@H](C)CN([C@@H](C)CO)C(=O)c2cc(NC(=O)NC3CCCCC3)ccc2O1. The Morgan fingerprint density at radius 3 is 2.46 bits per heavy atom. The van der Waals surface area contributed by atoms with Gasteiger partial charge in [-0.15, -0.1) is 0 Å². The van der Waals surface area contributed by atoms with Gasteiger partial charge in [0.2, 0.25) is 0 Å². The van der Waals surface area contributed by atoms with E-state index in [1.54, 1.807) is 54.1 Å². The number of aliphatic hydroxyl groups excluding tert-OH is 1. The molecule has 4 rings (SSSR count). The maximum Gasteiger partial charge on any atom is 0.319 e. The summed E-state index contributed by atoms with van der Waals surface area (Å²) >= 11 is 0. The predicted octanol–water partition coefficient (Wildman–Crippen LogP) is 5.71. The third-order valence-electron chi connectivity index (χ3n) is 9.07. The summed E-state index contributed by atoms with van der Waals surface area (Å²) in [6.45, 7) is 6.72. The van der Waals surface area contributed by atoms with E-state index in [-0.39, 0.29) is 55.2 Å². The first-order valence-electron chi connectivity index (χ1n) is 16.9. The number of rotatable bonds is 7. The number of urea groups is 1. The molecular formula is C36H52N4O6. The van der Waals surface area contributed by atoms with E-state index < -0.39 is 6.04 Å². The van der Waals surface area contributed by atoms with E-state index in [1.807, 2.05) is 32.0 Å². The molecule has 2 aliphatic rings. The van der Waals surface area contributed by atoms with Crippen molar-refractivity contribution >= 4 is 23.5 Å². The average Bonchev–Trinajstić information content (AvgIpc) is 3.06. The van der Waals surface area contributed by atoms with Gasteiger partial charge in [0.05, 0.1) is 30.4 Å². The van der Waals surface area contributed by atoms with Crippen molar-refractivity contribution in [1.82, 2.24) is 15.1 Å². The Morgan fingerprint density at radius 2 is 1.74 bits per heavy atom. The van der Waals surface area contributed by atoms with E-state index in [0.29, 0.717) is 35.7 Å². The molecule has 1 aliphatic carbocycles. The summed E-state index contributed by atoms with van der Waals surface area (Å²) in [7, 11) is 1.77. The van der Waals surface area contributed by atoms with Crippen LogP contribution in [-0.4, -0.2) is 90.4 Å². The molecule has 1 aliphatic heterocycles. The van der Waals surface area contributed by atoms with Gasteiger partial charge in [0, 0.05) is 50.0 Å². The van der Waals surface area contributed by atoms with Crippen LogP contribution in [0.3, 0.4) is 0 Å². The number of benzene rings is 2. The number of anilines is 1. The molecule has 0 saturated heterocycles. The minimum Gasteiger partial charge on any atom is -0.490 e. The molecule has 46 heavy (non-hydrogen) atoms. The number of amides is 4. The third kappa shape index (κ3) is 9.93. The molecule has 1 fully saturated rings. The van der Waals surface area contributed by atoms with Crippen LogP contribution in [0.25, 0.3) is 0 Å². The Bertz CT molecular complexity index is 1280. The molecule has 4 amide bonds. The van der Waals surface area contributed by atoms with Crippen LogP contribution in [0.4, 0.5) is 10.5 Å². The van der Waals surface area contributed by atoms with Crippen molar-refractivity contribution in [2.45, 2.75) is 96.4 Å². The molecule has 0 unspecified atom stereocenters. The first-order chi connectivity index (χ1) is 22.2. The molecule has 10 nitrogen and oxygen atoms in total. The van der Waals surface area contributed by atoms with E-state index in [9.17, 15) is 19.5 Å². The Kier molecular flexibility index (Phi) is 13.3. The van der Waals surface area contributed by atoms with Crippen molar-refractivity contribution in [3.05, 3.63) is 59.7 Å². The number of likely N-dealkylation sites (N-methyl/N-ethyl adjacent to an activating group) is 1. The van der Waals surface area contributed by atoms with E-state index in [0.717, 1.165) is 44.9 Å². The number of fused-ring (bicyclic) bond motifs is 1. The van der Waals surface area contributed by atoms with Gasteiger partial charge in [0.15, 0.2) is 0 Å². The number of carbonyl (C=O) groups is 3. The third-order valence-corrected chi connectivity index (χ3v) is 9.07. The Morgan fingerprint density at radius 1 is 1.02 bits per heavy atom. The summed E-state index contributed by atoms with van der Waals surface area (Å²) in [5.41, 5.74) is 1.41. The summed E-state index contributed by atoms with van der Waals surface area (Å²) in [6.07, 6.45) is 7.32. The van der Waals surface area contributed by atoms with Crippen LogP contribution in [0.2, 0.25) is 0 Å². The number of hydrogen-bond acceptors (Lipinski definition) is 6. The van der Waals surface area contributed by atoms with Gasteiger partial charge >= 0.3 is 6.03 Å². The highest BCUT2D eigenvalue weighted by molar-refractivity contribution is 5.99. The number of aliphatic hydroxyl groups is 1. The minimum atomic E-state index is -0.497. The molecule has 4 atom stereocenters. The van der Waals surface area contributed by atoms with Gasteiger partial charge in [-0.2, -0.15) is 0 Å². The van der Waals surface area contributed by atoms with Crippen LogP contribution in [0, 0.1) is 5.92 Å². The molecular weight excluding hydrogens is 584 g/mol. The molecule has 0 radical (unpaired) electrons. The topological polar surface area (TPSA) is 120 Å². The highest BCUT2D eigenvalue weighted by Gasteiger charge is 2.31. The predicted molar refractivity (Wildman–Crippen MR) is 179 cm³/mol. The lowest BCUT2D eigenvalue weighted by Gasteiger charge is -2.36. The molecule has 10 heteroatoms. The van der Waals surface area contributed by atoms with Gasteiger partial charge in [0.1, 0.15) is 5.75 Å². The zero-order valence-electron chi connectivity index (χ0n) is 27.9. The molecule has 1 saturated carbocycles. The van der Waals surface area contributed by atoms with Gasteiger partial charge < -0.3 is 35.0 Å². The second-order valence-corrected chi connectivity index (χ2v) is 13.0. The number of hydrogen-bond donors (Lipinski definition) is 3. The van der Waals surface area contributed by atoms with Crippen LogP contribution in [0.1, 0.15) is 92.9 Å². The molecule has 0 aromatic heterocycles. The second-order valence-electron chi connectivity index (χ2n) is 13.0. The summed E-state index contributed by atoms with van der Waals surface area (Å²) in [5.74, 6) is -0.134. The minimum absolute atomic E-state index is 0.0973. The first kappa shape index (κ1) is 35.2. The van der Waals surface area contributed by atoms with Crippen molar-refractivity contribution in [1.29, 1.82) is 0 Å². The highest BCUT2D eigenvalue weighted by Crippen LogP contribution is 2.29. The van der Waals surface area contributed by atoms with Gasteiger partial charge in [-0.25, -0.2) is 4.79 Å². The zero-order valence-corrected chi connectivity index (χ0v) is 27.9. The van der Waals surface area contributed by atoms with Crippen molar-refractivity contribution in [3.8, 4) is 5.75 Å². The standard InChI is InChI=1S/C36H52N4O6/c1-25-22-40(26(2)24-41)35(43)31-21-30(38-36(44)37-29-16-9-6-10-17-29)18-19-32(31)46-27(3)13-11-12-20-45-33(25)23-39(4)34(42)28-14-7-5-8-15-28/h5,7-8,14-15,18-19,21,25-27,29,33,41H,6,9-13,16-17,20,22-24H2,1-4H3,(H2,37,38,44)/t25-,26-,27+,33-/m0/s1. The maximum atomic E-state index is 14.3. The fourth-order valence-electron chi connectivity index (χ4n) is 6.22. The number of nitrogens with zero attached hydrogens (tertiary/aromatic N) is 2. The van der Waals surface area contributed by atoms with Crippen molar-refractivity contribution in [2.75, 3.05) is 38.7 Å². The Balaban J connectivity index is 1.58.